The first kappa shape index (κ1) is 25.1. The van der Waals surface area contributed by atoms with E-state index in [1.165, 1.54) is 11.8 Å². The predicted octanol–water partition coefficient (Wildman–Crippen LogP) is 2.93. The maximum absolute atomic E-state index is 13.2. The highest BCUT2D eigenvalue weighted by Gasteiger charge is 2.23. The number of carbonyl (C=O) groups is 1. The number of rotatable bonds is 13. The minimum Gasteiger partial charge on any atom is -0.383 e. The Morgan fingerprint density at radius 2 is 1.97 bits per heavy atom. The number of methoxy groups -OCH3 is 2. The molecule has 2 aromatic rings. The molecule has 0 saturated carbocycles. The summed E-state index contributed by atoms with van der Waals surface area (Å²) in [5, 5.41) is 3.10. The standard InChI is InChI=1S/C23H33N3O4S/c1-5-6-12-20(21(27)24-13-14-29-3)31-23-25-19(16-30-4)18(22(28)26(23)2)15-17-10-8-7-9-11-17/h7-11,20H,5-6,12-16H2,1-4H3,(H,24,27). The largest absolute Gasteiger partial charge is 0.383 e. The van der Waals surface area contributed by atoms with Gasteiger partial charge in [-0.2, -0.15) is 0 Å². The first-order valence-corrected chi connectivity index (χ1v) is 11.4. The monoisotopic (exact) mass is 447 g/mol. The molecule has 0 aliphatic rings. The van der Waals surface area contributed by atoms with Gasteiger partial charge < -0.3 is 14.8 Å². The van der Waals surface area contributed by atoms with Crippen molar-refractivity contribution >= 4 is 17.7 Å². The summed E-state index contributed by atoms with van der Waals surface area (Å²) >= 11 is 1.33. The van der Waals surface area contributed by atoms with Crippen LogP contribution in [0.2, 0.25) is 0 Å². The third-order valence-electron chi connectivity index (χ3n) is 4.90. The number of nitrogens with one attached hydrogen (secondary N) is 1. The van der Waals surface area contributed by atoms with Gasteiger partial charge in [0, 0.05) is 39.8 Å². The Morgan fingerprint density at radius 1 is 1.23 bits per heavy atom. The van der Waals surface area contributed by atoms with Gasteiger partial charge in [0.25, 0.3) is 5.56 Å². The lowest BCUT2D eigenvalue weighted by Gasteiger charge is -2.19. The quantitative estimate of drug-likeness (QED) is 0.289. The van der Waals surface area contributed by atoms with Crippen molar-refractivity contribution in [1.82, 2.24) is 14.9 Å². The van der Waals surface area contributed by atoms with Crippen LogP contribution in [-0.2, 0) is 34.3 Å². The van der Waals surface area contributed by atoms with E-state index < -0.39 is 0 Å². The molecule has 7 nitrogen and oxygen atoms in total. The molecule has 0 bridgehead atoms. The Labute approximate surface area is 188 Å². The second-order valence-electron chi connectivity index (χ2n) is 7.31. The fraction of sp³-hybridized carbons (Fsp3) is 0.522. The van der Waals surface area contributed by atoms with Crippen molar-refractivity contribution in [2.24, 2.45) is 7.05 Å². The molecule has 1 aromatic carbocycles. The van der Waals surface area contributed by atoms with E-state index >= 15 is 0 Å². The van der Waals surface area contributed by atoms with Gasteiger partial charge in [-0.3, -0.25) is 14.2 Å². The van der Waals surface area contributed by atoms with Crippen LogP contribution in [0.3, 0.4) is 0 Å². The van der Waals surface area contributed by atoms with E-state index in [2.05, 4.69) is 12.2 Å². The SMILES string of the molecule is CCCCC(Sc1nc(COC)c(Cc2ccccc2)c(=O)n1C)C(=O)NCCOC. The third-order valence-corrected chi connectivity index (χ3v) is 6.21. The maximum Gasteiger partial charge on any atom is 0.257 e. The zero-order valence-electron chi connectivity index (χ0n) is 18.8. The molecule has 1 unspecified atom stereocenters. The van der Waals surface area contributed by atoms with Crippen LogP contribution >= 0.6 is 11.8 Å². The van der Waals surface area contributed by atoms with Crippen LogP contribution < -0.4 is 10.9 Å². The second-order valence-corrected chi connectivity index (χ2v) is 8.48. The van der Waals surface area contributed by atoms with Gasteiger partial charge in [0.05, 0.1) is 24.2 Å². The fourth-order valence-electron chi connectivity index (χ4n) is 3.16. The van der Waals surface area contributed by atoms with Crippen molar-refractivity contribution < 1.29 is 14.3 Å². The molecule has 8 heteroatoms. The minimum atomic E-state index is -0.328. The molecule has 0 aliphatic carbocycles. The molecule has 0 aliphatic heterocycles. The number of thioether (sulfide) groups is 1. The number of benzene rings is 1. The molecule has 1 amide bonds. The number of aromatic nitrogens is 2. The Hall–Kier alpha value is -2.16. The molecule has 0 radical (unpaired) electrons. The minimum absolute atomic E-state index is 0.0635. The molecular weight excluding hydrogens is 414 g/mol. The highest BCUT2D eigenvalue weighted by Crippen LogP contribution is 2.26. The van der Waals surface area contributed by atoms with E-state index in [1.807, 2.05) is 30.3 Å². The van der Waals surface area contributed by atoms with Crippen molar-refractivity contribution in [3.05, 3.63) is 57.5 Å². The summed E-state index contributed by atoms with van der Waals surface area (Å²) in [5.74, 6) is -0.0635. The van der Waals surface area contributed by atoms with Crippen molar-refractivity contribution in [2.45, 2.75) is 49.6 Å². The van der Waals surface area contributed by atoms with E-state index in [9.17, 15) is 9.59 Å². The van der Waals surface area contributed by atoms with Gasteiger partial charge in [-0.25, -0.2) is 4.98 Å². The summed E-state index contributed by atoms with van der Waals surface area (Å²) in [6, 6.07) is 9.83. The van der Waals surface area contributed by atoms with Crippen molar-refractivity contribution in [1.29, 1.82) is 0 Å². The van der Waals surface area contributed by atoms with Crippen molar-refractivity contribution in [3.63, 3.8) is 0 Å². The van der Waals surface area contributed by atoms with Gasteiger partial charge in [-0.1, -0.05) is 61.9 Å². The Kier molecular flexibility index (Phi) is 10.8. The number of unbranched alkanes of at least 4 members (excludes halogenated alkanes) is 1. The van der Waals surface area contributed by atoms with E-state index in [4.69, 9.17) is 14.5 Å². The highest BCUT2D eigenvalue weighted by molar-refractivity contribution is 8.00. The molecule has 1 N–H and O–H groups in total. The van der Waals surface area contributed by atoms with Crippen LogP contribution in [0.1, 0.15) is 43.0 Å². The molecule has 1 aromatic heterocycles. The van der Waals surface area contributed by atoms with E-state index in [0.717, 1.165) is 18.4 Å². The Morgan fingerprint density at radius 3 is 2.61 bits per heavy atom. The van der Waals surface area contributed by atoms with Crippen LogP contribution in [0.25, 0.3) is 0 Å². The van der Waals surface area contributed by atoms with Gasteiger partial charge in [0.2, 0.25) is 5.91 Å². The molecule has 1 atom stereocenters. The van der Waals surface area contributed by atoms with Crippen LogP contribution in [0.4, 0.5) is 0 Å². The average molecular weight is 448 g/mol. The average Bonchev–Trinajstić information content (AvgIpc) is 2.78. The Bertz CT molecular complexity index is 886. The van der Waals surface area contributed by atoms with E-state index in [-0.39, 0.29) is 23.3 Å². The zero-order chi connectivity index (χ0) is 22.6. The summed E-state index contributed by atoms with van der Waals surface area (Å²) in [6.45, 7) is 3.24. The number of amides is 1. The van der Waals surface area contributed by atoms with E-state index in [1.54, 1.807) is 25.8 Å². The topological polar surface area (TPSA) is 82.5 Å². The molecule has 0 fully saturated rings. The first-order valence-electron chi connectivity index (χ1n) is 10.6. The number of nitrogens with zero attached hydrogens (tertiary/aromatic N) is 2. The molecule has 170 valence electrons. The summed E-state index contributed by atoms with van der Waals surface area (Å²) in [4.78, 5) is 30.7. The third kappa shape index (κ3) is 7.48. The smallest absolute Gasteiger partial charge is 0.257 e. The molecule has 31 heavy (non-hydrogen) atoms. The normalized spacial score (nSPS) is 12.0. The van der Waals surface area contributed by atoms with Gasteiger partial charge in [-0.15, -0.1) is 0 Å². The van der Waals surface area contributed by atoms with E-state index in [0.29, 0.717) is 42.4 Å². The number of carbonyl (C=O) groups excluding carboxylic acids is 1. The van der Waals surface area contributed by atoms with Crippen LogP contribution in [0, 0.1) is 0 Å². The lowest BCUT2D eigenvalue weighted by Crippen LogP contribution is -2.35. The number of hydrogen-bond acceptors (Lipinski definition) is 6. The Balaban J connectivity index is 2.33. The zero-order valence-corrected chi connectivity index (χ0v) is 19.7. The summed E-state index contributed by atoms with van der Waals surface area (Å²) in [6.07, 6.45) is 3.10. The lowest BCUT2D eigenvalue weighted by atomic mass is 10.0. The summed E-state index contributed by atoms with van der Waals surface area (Å²) < 4.78 is 11.9. The maximum atomic E-state index is 13.2. The van der Waals surface area contributed by atoms with Crippen molar-refractivity contribution in [2.75, 3.05) is 27.4 Å². The highest BCUT2D eigenvalue weighted by atomic mass is 32.2. The van der Waals surface area contributed by atoms with Crippen LogP contribution in [0.5, 0.6) is 0 Å². The van der Waals surface area contributed by atoms with Gasteiger partial charge >= 0.3 is 0 Å². The first-order chi connectivity index (χ1) is 15.0. The van der Waals surface area contributed by atoms with Gasteiger partial charge in [-0.05, 0) is 12.0 Å². The van der Waals surface area contributed by atoms with Crippen molar-refractivity contribution in [3.8, 4) is 0 Å². The van der Waals surface area contributed by atoms with Crippen LogP contribution in [-0.4, -0.2) is 48.1 Å². The molecule has 0 saturated heterocycles. The number of ether oxygens (including phenoxy) is 2. The molecule has 2 rings (SSSR count). The number of hydrogen-bond donors (Lipinski definition) is 1. The molecular formula is C23H33N3O4S. The fourth-order valence-corrected chi connectivity index (χ4v) is 4.29. The summed E-state index contributed by atoms with van der Waals surface area (Å²) in [7, 11) is 4.90. The second kappa shape index (κ2) is 13.3. The molecule has 0 spiro atoms. The van der Waals surface area contributed by atoms with Gasteiger partial charge in [0.1, 0.15) is 0 Å². The predicted molar refractivity (Wildman–Crippen MR) is 123 cm³/mol. The van der Waals surface area contributed by atoms with Crippen LogP contribution in [0.15, 0.2) is 40.3 Å². The molecule has 1 heterocycles. The van der Waals surface area contributed by atoms with Gasteiger partial charge in [0.15, 0.2) is 5.16 Å². The summed E-state index contributed by atoms with van der Waals surface area (Å²) in [5.41, 5.74) is 2.17. The lowest BCUT2D eigenvalue weighted by molar-refractivity contribution is -0.120.